The van der Waals surface area contributed by atoms with E-state index in [9.17, 15) is 0 Å². The molecule has 3 nitrogen and oxygen atoms in total. The van der Waals surface area contributed by atoms with Crippen LogP contribution in [0, 0.1) is 0 Å². The van der Waals surface area contributed by atoms with E-state index in [-0.39, 0.29) is 12.6 Å². The molecule has 0 radical (unpaired) electrons. The van der Waals surface area contributed by atoms with Crippen molar-refractivity contribution in [3.8, 4) is 0 Å². The standard InChI is InChI=1S/C7H18N2O/c1-2-3-4-9-5-7(8)6-10/h7,9-10H,2-6,8H2,1H3. The third-order valence-electron chi connectivity index (χ3n) is 1.35. The molecule has 0 rings (SSSR count). The smallest absolute Gasteiger partial charge is 0.0594 e. The average molecular weight is 146 g/mol. The minimum atomic E-state index is -0.100. The number of hydrogen-bond donors (Lipinski definition) is 3. The van der Waals surface area contributed by atoms with Crippen molar-refractivity contribution in [1.29, 1.82) is 0 Å². The monoisotopic (exact) mass is 146 g/mol. The lowest BCUT2D eigenvalue weighted by Gasteiger charge is -2.08. The summed E-state index contributed by atoms with van der Waals surface area (Å²) in [5.41, 5.74) is 5.44. The molecule has 1 unspecified atom stereocenters. The first-order valence-electron chi connectivity index (χ1n) is 3.88. The fraction of sp³-hybridized carbons (Fsp3) is 1.00. The van der Waals surface area contributed by atoms with Crippen molar-refractivity contribution in [2.24, 2.45) is 5.73 Å². The van der Waals surface area contributed by atoms with Gasteiger partial charge in [0.25, 0.3) is 0 Å². The molecule has 3 heteroatoms. The Morgan fingerprint density at radius 3 is 2.80 bits per heavy atom. The van der Waals surface area contributed by atoms with Crippen molar-refractivity contribution in [3.05, 3.63) is 0 Å². The summed E-state index contributed by atoms with van der Waals surface area (Å²) in [5, 5.41) is 11.7. The van der Waals surface area contributed by atoms with Gasteiger partial charge >= 0.3 is 0 Å². The largest absolute Gasteiger partial charge is 0.395 e. The van der Waals surface area contributed by atoms with Gasteiger partial charge in [-0.3, -0.25) is 0 Å². The van der Waals surface area contributed by atoms with Crippen molar-refractivity contribution < 1.29 is 5.11 Å². The molecule has 0 aliphatic carbocycles. The van der Waals surface area contributed by atoms with Crippen LogP contribution in [-0.4, -0.2) is 30.8 Å². The molecule has 0 aromatic heterocycles. The van der Waals surface area contributed by atoms with Gasteiger partial charge in [-0.2, -0.15) is 0 Å². The van der Waals surface area contributed by atoms with Crippen LogP contribution in [0.1, 0.15) is 19.8 Å². The van der Waals surface area contributed by atoms with Crippen LogP contribution in [0.3, 0.4) is 0 Å². The number of nitrogens with one attached hydrogen (secondary N) is 1. The van der Waals surface area contributed by atoms with Crippen molar-refractivity contribution in [2.75, 3.05) is 19.7 Å². The van der Waals surface area contributed by atoms with E-state index in [0.29, 0.717) is 0 Å². The molecule has 0 spiro atoms. The number of unbranched alkanes of at least 4 members (excludes halogenated alkanes) is 1. The van der Waals surface area contributed by atoms with Crippen molar-refractivity contribution in [1.82, 2.24) is 5.32 Å². The molecule has 0 saturated heterocycles. The first kappa shape index (κ1) is 9.88. The molecule has 10 heavy (non-hydrogen) atoms. The second-order valence-corrected chi connectivity index (χ2v) is 2.50. The molecule has 4 N–H and O–H groups in total. The predicted molar refractivity (Wildman–Crippen MR) is 42.8 cm³/mol. The van der Waals surface area contributed by atoms with Gasteiger partial charge in [0.05, 0.1) is 6.61 Å². The third-order valence-corrected chi connectivity index (χ3v) is 1.35. The van der Waals surface area contributed by atoms with Crippen LogP contribution in [0.4, 0.5) is 0 Å². The minimum absolute atomic E-state index is 0.0686. The third kappa shape index (κ3) is 6.01. The summed E-state index contributed by atoms with van der Waals surface area (Å²) in [5.74, 6) is 0. The molecule has 0 heterocycles. The van der Waals surface area contributed by atoms with Gasteiger partial charge < -0.3 is 16.2 Å². The summed E-state index contributed by atoms with van der Waals surface area (Å²) in [7, 11) is 0. The molecule has 0 aliphatic rings. The molecule has 1 atom stereocenters. The van der Waals surface area contributed by atoms with E-state index in [1.807, 2.05) is 0 Å². The highest BCUT2D eigenvalue weighted by Gasteiger charge is 1.96. The van der Waals surface area contributed by atoms with Crippen LogP contribution in [0.25, 0.3) is 0 Å². The van der Waals surface area contributed by atoms with Crippen LogP contribution in [0.2, 0.25) is 0 Å². The van der Waals surface area contributed by atoms with Crippen LogP contribution >= 0.6 is 0 Å². The Morgan fingerprint density at radius 1 is 1.60 bits per heavy atom. The Balaban J connectivity index is 2.89. The molecule has 0 amide bonds. The van der Waals surface area contributed by atoms with E-state index in [1.54, 1.807) is 0 Å². The van der Waals surface area contributed by atoms with Gasteiger partial charge in [0.15, 0.2) is 0 Å². The molecule has 62 valence electrons. The second-order valence-electron chi connectivity index (χ2n) is 2.50. The SMILES string of the molecule is CCCCNCC(N)CO. The Bertz CT molecular complexity index is 68.6. The Kier molecular flexibility index (Phi) is 6.91. The lowest BCUT2D eigenvalue weighted by atomic mass is 10.3. The van der Waals surface area contributed by atoms with Gasteiger partial charge in [-0.1, -0.05) is 13.3 Å². The van der Waals surface area contributed by atoms with E-state index in [1.165, 1.54) is 12.8 Å². The normalized spacial score (nSPS) is 13.5. The number of hydrogen-bond acceptors (Lipinski definition) is 3. The fourth-order valence-corrected chi connectivity index (χ4v) is 0.654. The van der Waals surface area contributed by atoms with Gasteiger partial charge in [0.1, 0.15) is 0 Å². The summed E-state index contributed by atoms with van der Waals surface area (Å²) in [6.45, 7) is 3.94. The summed E-state index contributed by atoms with van der Waals surface area (Å²) in [4.78, 5) is 0. The van der Waals surface area contributed by atoms with E-state index >= 15 is 0 Å². The van der Waals surface area contributed by atoms with Gasteiger partial charge in [-0.05, 0) is 13.0 Å². The number of aliphatic hydroxyl groups excluding tert-OH is 1. The van der Waals surface area contributed by atoms with Crippen molar-refractivity contribution in [3.63, 3.8) is 0 Å². The molecule has 0 fully saturated rings. The summed E-state index contributed by atoms with van der Waals surface area (Å²) in [6.07, 6.45) is 2.37. The molecule has 0 aromatic rings. The van der Waals surface area contributed by atoms with Gasteiger partial charge in [0, 0.05) is 12.6 Å². The molecular formula is C7H18N2O. The molecule has 0 aromatic carbocycles. The lowest BCUT2D eigenvalue weighted by molar-refractivity contribution is 0.262. The quantitative estimate of drug-likeness (QED) is 0.451. The van der Waals surface area contributed by atoms with E-state index in [0.717, 1.165) is 13.1 Å². The molecule has 0 aliphatic heterocycles. The van der Waals surface area contributed by atoms with Crippen LogP contribution in [-0.2, 0) is 0 Å². The maximum absolute atomic E-state index is 8.53. The van der Waals surface area contributed by atoms with Crippen LogP contribution in [0.5, 0.6) is 0 Å². The number of aliphatic hydroxyl groups is 1. The Morgan fingerprint density at radius 2 is 2.30 bits per heavy atom. The molecular weight excluding hydrogens is 128 g/mol. The Labute approximate surface area is 62.6 Å². The minimum Gasteiger partial charge on any atom is -0.395 e. The van der Waals surface area contributed by atoms with Crippen LogP contribution in [0.15, 0.2) is 0 Å². The van der Waals surface area contributed by atoms with Crippen molar-refractivity contribution in [2.45, 2.75) is 25.8 Å². The highest BCUT2D eigenvalue weighted by atomic mass is 16.3. The lowest BCUT2D eigenvalue weighted by Crippen LogP contribution is -2.36. The first-order valence-corrected chi connectivity index (χ1v) is 3.88. The fourth-order valence-electron chi connectivity index (χ4n) is 0.654. The number of rotatable bonds is 6. The van der Waals surface area contributed by atoms with E-state index in [2.05, 4.69) is 12.2 Å². The van der Waals surface area contributed by atoms with Crippen molar-refractivity contribution >= 4 is 0 Å². The predicted octanol–water partition coefficient (Wildman–Crippen LogP) is -0.304. The van der Waals surface area contributed by atoms with Gasteiger partial charge in [-0.25, -0.2) is 0 Å². The summed E-state index contributed by atoms with van der Waals surface area (Å²) < 4.78 is 0. The summed E-state index contributed by atoms with van der Waals surface area (Å²) >= 11 is 0. The van der Waals surface area contributed by atoms with E-state index in [4.69, 9.17) is 10.8 Å². The molecule has 0 bridgehead atoms. The maximum atomic E-state index is 8.53. The summed E-state index contributed by atoms with van der Waals surface area (Å²) in [6, 6.07) is -0.100. The van der Waals surface area contributed by atoms with Gasteiger partial charge in [0.2, 0.25) is 0 Å². The average Bonchev–Trinajstić information content (AvgIpc) is 1.98. The topological polar surface area (TPSA) is 58.3 Å². The van der Waals surface area contributed by atoms with Gasteiger partial charge in [-0.15, -0.1) is 0 Å². The zero-order chi connectivity index (χ0) is 7.82. The first-order chi connectivity index (χ1) is 4.81. The van der Waals surface area contributed by atoms with E-state index < -0.39 is 0 Å². The molecule has 0 saturated carbocycles. The number of nitrogens with two attached hydrogens (primary N) is 1. The highest BCUT2D eigenvalue weighted by Crippen LogP contribution is 1.82. The van der Waals surface area contributed by atoms with Crippen LogP contribution < -0.4 is 11.1 Å². The highest BCUT2D eigenvalue weighted by molar-refractivity contribution is 4.61. The second kappa shape index (κ2) is 6.99. The maximum Gasteiger partial charge on any atom is 0.0594 e. The zero-order valence-electron chi connectivity index (χ0n) is 6.64. The zero-order valence-corrected chi connectivity index (χ0v) is 6.64. The Hall–Kier alpha value is -0.120.